The summed E-state index contributed by atoms with van der Waals surface area (Å²) in [6.07, 6.45) is 3.76. The molecule has 0 aliphatic rings. The second kappa shape index (κ2) is 5.57. The molecule has 0 saturated carbocycles. The van der Waals surface area contributed by atoms with Crippen LogP contribution in [-0.2, 0) is 11.2 Å². The van der Waals surface area contributed by atoms with Gasteiger partial charge in [0.05, 0.1) is 6.42 Å². The second-order valence-electron chi connectivity index (χ2n) is 5.34. The van der Waals surface area contributed by atoms with Gasteiger partial charge in [-0.05, 0) is 23.8 Å². The summed E-state index contributed by atoms with van der Waals surface area (Å²) < 4.78 is 5.53. The molecule has 0 fully saturated rings. The fraction of sp³-hybridized carbons (Fsp3) is 0.0526. The molecule has 2 heterocycles. The van der Waals surface area contributed by atoms with Crippen molar-refractivity contribution >= 4 is 27.8 Å². The number of pyridine rings is 1. The number of hydrogen-bond acceptors (Lipinski definition) is 3. The van der Waals surface area contributed by atoms with E-state index < -0.39 is 0 Å². The number of carbonyl (C=O) groups is 1. The quantitative estimate of drug-likeness (QED) is 0.462. The molecule has 4 heteroatoms. The van der Waals surface area contributed by atoms with Crippen molar-refractivity contribution < 1.29 is 9.53 Å². The summed E-state index contributed by atoms with van der Waals surface area (Å²) in [7, 11) is 0. The number of H-pyrrole nitrogens is 1. The Morgan fingerprint density at radius 1 is 1.04 bits per heavy atom. The Bertz CT molecular complexity index is 999. The summed E-state index contributed by atoms with van der Waals surface area (Å²) in [4.78, 5) is 19.8. The largest absolute Gasteiger partial charge is 0.424 e. The zero-order valence-electron chi connectivity index (χ0n) is 12.3. The van der Waals surface area contributed by atoms with E-state index >= 15 is 0 Å². The predicted octanol–water partition coefficient (Wildman–Crippen LogP) is 3.86. The number of benzene rings is 2. The van der Waals surface area contributed by atoms with Gasteiger partial charge in [-0.3, -0.25) is 9.78 Å². The van der Waals surface area contributed by atoms with Crippen LogP contribution in [0.4, 0.5) is 0 Å². The van der Waals surface area contributed by atoms with Crippen LogP contribution in [0.5, 0.6) is 5.75 Å². The fourth-order valence-electron chi connectivity index (χ4n) is 2.75. The van der Waals surface area contributed by atoms with Crippen LogP contribution in [0.15, 0.2) is 67.0 Å². The zero-order chi connectivity index (χ0) is 15.6. The number of nitrogens with one attached hydrogen (secondary N) is 1. The highest BCUT2D eigenvalue weighted by molar-refractivity contribution is 5.90. The van der Waals surface area contributed by atoms with Crippen LogP contribution in [0.25, 0.3) is 21.8 Å². The number of fused-ring (bicyclic) bond motifs is 2. The van der Waals surface area contributed by atoms with Crippen LogP contribution in [0.3, 0.4) is 0 Å². The van der Waals surface area contributed by atoms with Crippen LogP contribution >= 0.6 is 0 Å². The average molecular weight is 302 g/mol. The van der Waals surface area contributed by atoms with Gasteiger partial charge in [0.25, 0.3) is 0 Å². The van der Waals surface area contributed by atoms with Gasteiger partial charge in [-0.1, -0.05) is 36.4 Å². The normalized spacial score (nSPS) is 11.0. The van der Waals surface area contributed by atoms with Crippen molar-refractivity contribution in [2.45, 2.75) is 6.42 Å². The molecule has 0 atom stereocenters. The third-order valence-electron chi connectivity index (χ3n) is 3.83. The van der Waals surface area contributed by atoms with Crippen LogP contribution in [0.2, 0.25) is 0 Å². The molecule has 1 N–H and O–H groups in total. The van der Waals surface area contributed by atoms with Crippen molar-refractivity contribution in [3.63, 3.8) is 0 Å². The molecule has 0 amide bonds. The number of para-hydroxylation sites is 2. The number of aromatic nitrogens is 2. The van der Waals surface area contributed by atoms with Crippen molar-refractivity contribution in [2.24, 2.45) is 0 Å². The minimum absolute atomic E-state index is 0.216. The van der Waals surface area contributed by atoms with Gasteiger partial charge in [-0.25, -0.2) is 0 Å². The van der Waals surface area contributed by atoms with E-state index in [4.69, 9.17) is 4.74 Å². The molecule has 4 rings (SSSR count). The third-order valence-corrected chi connectivity index (χ3v) is 3.83. The van der Waals surface area contributed by atoms with Gasteiger partial charge < -0.3 is 9.72 Å². The highest BCUT2D eigenvalue weighted by atomic mass is 16.5. The summed E-state index contributed by atoms with van der Waals surface area (Å²) in [5.41, 5.74) is 2.64. The summed E-state index contributed by atoms with van der Waals surface area (Å²) in [6.45, 7) is 0. The predicted molar refractivity (Wildman–Crippen MR) is 89.4 cm³/mol. The van der Waals surface area contributed by atoms with Crippen LogP contribution < -0.4 is 4.74 Å². The first-order valence-electron chi connectivity index (χ1n) is 7.41. The molecule has 0 unspecified atom stereocenters. The molecule has 0 bridgehead atoms. The molecule has 2 aromatic heterocycles. The minimum Gasteiger partial charge on any atom is -0.424 e. The lowest BCUT2D eigenvalue weighted by Crippen LogP contribution is -2.11. The van der Waals surface area contributed by atoms with E-state index in [2.05, 4.69) is 9.97 Å². The van der Waals surface area contributed by atoms with E-state index in [1.807, 2.05) is 54.7 Å². The smallest absolute Gasteiger partial charge is 0.315 e. The van der Waals surface area contributed by atoms with Crippen molar-refractivity contribution in [2.75, 3.05) is 0 Å². The molecule has 4 nitrogen and oxygen atoms in total. The Kier molecular flexibility index (Phi) is 3.27. The number of aromatic amines is 1. The summed E-state index contributed by atoms with van der Waals surface area (Å²) in [5, 5.41) is 1.99. The third kappa shape index (κ3) is 2.55. The molecule has 112 valence electrons. The standard InChI is InChI=1S/C19H14N2O2/c22-18(11-14-12-21-16-8-2-1-7-15(14)16)23-17-9-3-5-13-6-4-10-20-19(13)17/h1-10,12,21H,11H2. The van der Waals surface area contributed by atoms with E-state index in [1.54, 1.807) is 12.3 Å². The number of ether oxygens (including phenoxy) is 1. The maximum Gasteiger partial charge on any atom is 0.315 e. The molecular formula is C19H14N2O2. The molecule has 23 heavy (non-hydrogen) atoms. The van der Waals surface area contributed by atoms with Gasteiger partial charge in [0.1, 0.15) is 5.52 Å². The van der Waals surface area contributed by atoms with Gasteiger partial charge >= 0.3 is 5.97 Å². The Morgan fingerprint density at radius 3 is 2.87 bits per heavy atom. The molecule has 0 saturated heterocycles. The lowest BCUT2D eigenvalue weighted by atomic mass is 10.1. The Hall–Kier alpha value is -3.14. The van der Waals surface area contributed by atoms with Gasteiger partial charge in [0.2, 0.25) is 0 Å². The lowest BCUT2D eigenvalue weighted by Gasteiger charge is -2.06. The number of hydrogen-bond donors (Lipinski definition) is 1. The maximum atomic E-state index is 12.3. The first kappa shape index (κ1) is 13.5. The number of nitrogens with zero attached hydrogens (tertiary/aromatic N) is 1. The Balaban J connectivity index is 1.60. The Morgan fingerprint density at radius 2 is 1.91 bits per heavy atom. The van der Waals surface area contributed by atoms with Crippen LogP contribution in [0.1, 0.15) is 5.56 Å². The Labute approximate surface area is 132 Å². The highest BCUT2D eigenvalue weighted by Crippen LogP contribution is 2.24. The van der Waals surface area contributed by atoms with Gasteiger partial charge in [-0.15, -0.1) is 0 Å². The molecule has 0 aliphatic heterocycles. The molecule has 0 radical (unpaired) electrons. The van der Waals surface area contributed by atoms with E-state index in [1.165, 1.54) is 0 Å². The lowest BCUT2D eigenvalue weighted by molar-refractivity contribution is -0.133. The summed E-state index contributed by atoms with van der Waals surface area (Å²) in [6, 6.07) is 17.3. The van der Waals surface area contributed by atoms with Crippen LogP contribution in [-0.4, -0.2) is 15.9 Å². The van der Waals surface area contributed by atoms with E-state index in [0.717, 1.165) is 21.9 Å². The monoisotopic (exact) mass is 302 g/mol. The van der Waals surface area contributed by atoms with Crippen molar-refractivity contribution in [3.05, 3.63) is 72.6 Å². The average Bonchev–Trinajstić information content (AvgIpc) is 2.98. The van der Waals surface area contributed by atoms with Crippen molar-refractivity contribution in [3.8, 4) is 5.75 Å². The minimum atomic E-state index is -0.298. The fourth-order valence-corrected chi connectivity index (χ4v) is 2.75. The van der Waals surface area contributed by atoms with E-state index in [9.17, 15) is 4.79 Å². The molecular weight excluding hydrogens is 288 g/mol. The molecule has 2 aromatic carbocycles. The summed E-state index contributed by atoms with van der Waals surface area (Å²) >= 11 is 0. The SMILES string of the molecule is O=C(Cc1c[nH]c2ccccc12)Oc1cccc2cccnc12. The first-order valence-corrected chi connectivity index (χ1v) is 7.41. The van der Waals surface area contributed by atoms with Gasteiger partial charge in [-0.2, -0.15) is 0 Å². The van der Waals surface area contributed by atoms with E-state index in [-0.39, 0.29) is 12.4 Å². The van der Waals surface area contributed by atoms with Gasteiger partial charge in [0, 0.05) is 28.7 Å². The number of carbonyl (C=O) groups excluding carboxylic acids is 1. The maximum absolute atomic E-state index is 12.3. The number of rotatable bonds is 3. The van der Waals surface area contributed by atoms with Crippen molar-refractivity contribution in [1.82, 2.24) is 9.97 Å². The van der Waals surface area contributed by atoms with E-state index in [0.29, 0.717) is 11.3 Å². The molecule has 4 aromatic rings. The topological polar surface area (TPSA) is 55.0 Å². The molecule has 0 spiro atoms. The van der Waals surface area contributed by atoms with Crippen LogP contribution in [0, 0.1) is 0 Å². The number of esters is 1. The zero-order valence-corrected chi connectivity index (χ0v) is 12.3. The van der Waals surface area contributed by atoms with Gasteiger partial charge in [0.15, 0.2) is 5.75 Å². The molecule has 0 aliphatic carbocycles. The van der Waals surface area contributed by atoms with Crippen molar-refractivity contribution in [1.29, 1.82) is 0 Å². The highest BCUT2D eigenvalue weighted by Gasteiger charge is 2.12. The summed E-state index contributed by atoms with van der Waals surface area (Å²) in [5.74, 6) is 0.195. The first-order chi connectivity index (χ1) is 11.3. The second-order valence-corrected chi connectivity index (χ2v) is 5.34.